The van der Waals surface area contributed by atoms with E-state index in [1.807, 2.05) is 30.5 Å². The number of esters is 1. The van der Waals surface area contributed by atoms with E-state index >= 15 is 0 Å². The van der Waals surface area contributed by atoms with Gasteiger partial charge in [-0.1, -0.05) is 12.1 Å². The van der Waals surface area contributed by atoms with Crippen molar-refractivity contribution in [1.29, 1.82) is 0 Å². The van der Waals surface area contributed by atoms with Crippen molar-refractivity contribution in [1.82, 2.24) is 4.98 Å². The Balaban J connectivity index is 1.28. The molecule has 0 unspecified atom stereocenters. The normalized spacial score (nSPS) is 13.2. The van der Waals surface area contributed by atoms with Gasteiger partial charge in [-0.3, -0.25) is 9.59 Å². The second-order valence-electron chi connectivity index (χ2n) is 7.46. The van der Waals surface area contributed by atoms with Crippen molar-refractivity contribution in [2.24, 2.45) is 0 Å². The van der Waals surface area contributed by atoms with Gasteiger partial charge >= 0.3 is 5.97 Å². The number of rotatable bonds is 8. The molecule has 7 nitrogen and oxygen atoms in total. The molecule has 2 aromatic carbocycles. The van der Waals surface area contributed by atoms with Crippen molar-refractivity contribution in [3.63, 3.8) is 0 Å². The zero-order chi connectivity index (χ0) is 23.2. The molecular weight excluding hydrogens is 458 g/mol. The Morgan fingerprint density at radius 2 is 1.97 bits per heavy atom. The predicted molar refractivity (Wildman–Crippen MR) is 130 cm³/mol. The highest BCUT2D eigenvalue weighted by molar-refractivity contribution is 7.98. The van der Waals surface area contributed by atoms with Crippen LogP contribution < -0.4 is 10.2 Å². The molecule has 1 fully saturated rings. The minimum atomic E-state index is -0.570. The minimum absolute atomic E-state index is 0.0337. The number of thioether (sulfide) groups is 1. The fraction of sp³-hybridized carbons (Fsp3) is 0.250. The molecular formula is C24H23N3O4S2. The molecule has 9 heteroatoms. The van der Waals surface area contributed by atoms with Gasteiger partial charge in [-0.15, -0.1) is 23.1 Å². The Hall–Kier alpha value is -3.17. The molecule has 1 saturated heterocycles. The monoisotopic (exact) mass is 481 g/mol. The molecule has 4 rings (SSSR count). The highest BCUT2D eigenvalue weighted by Crippen LogP contribution is 2.29. The molecule has 33 heavy (non-hydrogen) atoms. The van der Waals surface area contributed by atoms with E-state index in [-0.39, 0.29) is 5.91 Å². The molecule has 1 N–H and O–H groups in total. The van der Waals surface area contributed by atoms with Crippen molar-refractivity contribution in [2.75, 3.05) is 23.4 Å². The van der Waals surface area contributed by atoms with Crippen LogP contribution in [0.25, 0.3) is 0 Å². The van der Waals surface area contributed by atoms with Gasteiger partial charge in [0, 0.05) is 29.0 Å². The van der Waals surface area contributed by atoms with Crippen molar-refractivity contribution in [3.8, 4) is 0 Å². The van der Waals surface area contributed by atoms with Gasteiger partial charge in [0.2, 0.25) is 5.91 Å². The molecule has 0 aliphatic carbocycles. The number of ether oxygens (including phenoxy) is 1. The molecule has 1 aliphatic rings. The molecule has 0 atom stereocenters. The van der Waals surface area contributed by atoms with Gasteiger partial charge in [0.1, 0.15) is 0 Å². The maximum atomic E-state index is 12.4. The van der Waals surface area contributed by atoms with E-state index < -0.39 is 18.5 Å². The van der Waals surface area contributed by atoms with Crippen LogP contribution in [0.3, 0.4) is 0 Å². The number of nitrogens with one attached hydrogen (secondary N) is 1. The smallest absolute Gasteiger partial charge is 0.338 e. The highest BCUT2D eigenvalue weighted by Gasteiger charge is 2.24. The number of nitrogens with zero attached hydrogens (tertiary/aromatic N) is 2. The summed E-state index contributed by atoms with van der Waals surface area (Å²) in [7, 11) is 0. The molecule has 3 aromatic rings. The lowest BCUT2D eigenvalue weighted by atomic mass is 10.2. The number of hydrogen-bond donors (Lipinski definition) is 1. The molecule has 0 radical (unpaired) electrons. The molecule has 0 spiro atoms. The first-order valence-corrected chi connectivity index (χ1v) is 12.4. The summed E-state index contributed by atoms with van der Waals surface area (Å²) < 4.78 is 5.17. The highest BCUT2D eigenvalue weighted by atomic mass is 32.2. The number of anilines is 2. The molecule has 2 amide bonds. The Kier molecular flexibility index (Phi) is 7.41. The second kappa shape index (κ2) is 10.6. The number of benzene rings is 2. The number of aromatic nitrogens is 1. The van der Waals surface area contributed by atoms with Crippen LogP contribution in [0.1, 0.15) is 33.9 Å². The lowest BCUT2D eigenvalue weighted by molar-refractivity contribution is -0.119. The van der Waals surface area contributed by atoms with Gasteiger partial charge in [0.15, 0.2) is 6.61 Å². The van der Waals surface area contributed by atoms with Crippen LogP contribution in [-0.4, -0.2) is 35.9 Å². The van der Waals surface area contributed by atoms with Gasteiger partial charge in [-0.2, -0.15) is 0 Å². The molecule has 170 valence electrons. The summed E-state index contributed by atoms with van der Waals surface area (Å²) in [5.74, 6) is -0.238. The first-order chi connectivity index (χ1) is 16.0. The van der Waals surface area contributed by atoms with Gasteiger partial charge in [-0.25, -0.2) is 9.78 Å². The van der Waals surface area contributed by atoms with E-state index in [4.69, 9.17) is 4.74 Å². The van der Waals surface area contributed by atoms with Crippen LogP contribution in [0, 0.1) is 6.92 Å². The van der Waals surface area contributed by atoms with Gasteiger partial charge in [-0.05, 0) is 49.7 Å². The molecule has 2 heterocycles. The van der Waals surface area contributed by atoms with E-state index in [9.17, 15) is 14.4 Å². The fourth-order valence-electron chi connectivity index (χ4n) is 3.44. The quantitative estimate of drug-likeness (QED) is 0.372. The van der Waals surface area contributed by atoms with Crippen LogP contribution in [0.4, 0.5) is 11.4 Å². The molecule has 1 aromatic heterocycles. The Labute approximate surface area is 200 Å². The first-order valence-electron chi connectivity index (χ1n) is 10.5. The van der Waals surface area contributed by atoms with Crippen molar-refractivity contribution in [3.05, 3.63) is 70.2 Å². The number of amides is 2. The van der Waals surface area contributed by atoms with Gasteiger partial charge in [0.05, 0.1) is 27.6 Å². The molecule has 1 aliphatic heterocycles. The Morgan fingerprint density at radius 3 is 2.67 bits per heavy atom. The zero-order valence-electron chi connectivity index (χ0n) is 18.1. The topological polar surface area (TPSA) is 88.6 Å². The summed E-state index contributed by atoms with van der Waals surface area (Å²) >= 11 is 3.26. The van der Waals surface area contributed by atoms with Gasteiger partial charge in [0.25, 0.3) is 5.91 Å². The number of hydrogen-bond acceptors (Lipinski definition) is 7. The number of carbonyl (C=O) groups excluding carboxylic acids is 3. The lowest BCUT2D eigenvalue weighted by Crippen LogP contribution is -2.27. The maximum absolute atomic E-state index is 12.4. The van der Waals surface area contributed by atoms with Crippen LogP contribution in [-0.2, 0) is 20.1 Å². The summed E-state index contributed by atoms with van der Waals surface area (Å²) in [5, 5.41) is 5.82. The van der Waals surface area contributed by atoms with Crippen molar-refractivity contribution < 1.29 is 19.1 Å². The van der Waals surface area contributed by atoms with Gasteiger partial charge < -0.3 is 15.0 Å². The van der Waals surface area contributed by atoms with E-state index in [0.29, 0.717) is 29.9 Å². The standard InChI is InChI=1S/C24H23N3O4S2/c1-16-25-18(14-32-16)15-33-19-10-8-17(9-11-19)24(30)31-13-22(28)26-20-5-2-3-6-21(20)27-12-4-7-23(27)29/h2-3,5-6,8-11,14H,4,7,12-13,15H2,1H3,(H,26,28). The number of carbonyl (C=O) groups is 3. The summed E-state index contributed by atoms with van der Waals surface area (Å²) in [6.45, 7) is 2.19. The summed E-state index contributed by atoms with van der Waals surface area (Å²) in [4.78, 5) is 43.9. The average molecular weight is 482 g/mol. The zero-order valence-corrected chi connectivity index (χ0v) is 19.7. The van der Waals surface area contributed by atoms with Crippen molar-refractivity contribution in [2.45, 2.75) is 30.4 Å². The third-order valence-electron chi connectivity index (χ3n) is 5.02. The third-order valence-corrected chi connectivity index (χ3v) is 6.89. The van der Waals surface area contributed by atoms with Crippen LogP contribution in [0.15, 0.2) is 58.8 Å². The SMILES string of the molecule is Cc1nc(CSc2ccc(C(=O)OCC(=O)Nc3ccccc3N3CCCC3=O)cc2)cs1. The second-order valence-corrected chi connectivity index (χ2v) is 9.57. The van der Waals surface area contributed by atoms with Crippen LogP contribution >= 0.6 is 23.1 Å². The summed E-state index contributed by atoms with van der Waals surface area (Å²) in [6.07, 6.45) is 1.29. The van der Waals surface area contributed by atoms with E-state index in [0.717, 1.165) is 27.8 Å². The third kappa shape index (κ3) is 6.00. The lowest BCUT2D eigenvalue weighted by Gasteiger charge is -2.19. The van der Waals surface area contributed by atoms with E-state index in [1.54, 1.807) is 58.3 Å². The van der Waals surface area contributed by atoms with Crippen LogP contribution in [0.5, 0.6) is 0 Å². The predicted octanol–water partition coefficient (Wildman–Crippen LogP) is 4.67. The Morgan fingerprint density at radius 1 is 1.18 bits per heavy atom. The average Bonchev–Trinajstić information content (AvgIpc) is 3.44. The summed E-state index contributed by atoms with van der Waals surface area (Å²) in [5.41, 5.74) is 2.58. The summed E-state index contributed by atoms with van der Waals surface area (Å²) in [6, 6.07) is 14.2. The first kappa shape index (κ1) is 23.0. The van der Waals surface area contributed by atoms with Crippen LogP contribution in [0.2, 0.25) is 0 Å². The number of thiazole rings is 1. The fourth-order valence-corrected chi connectivity index (χ4v) is 4.95. The molecule has 0 bridgehead atoms. The number of aryl methyl sites for hydroxylation is 1. The van der Waals surface area contributed by atoms with Crippen molar-refractivity contribution >= 4 is 52.3 Å². The number of para-hydroxylation sites is 2. The maximum Gasteiger partial charge on any atom is 0.338 e. The molecule has 0 saturated carbocycles. The largest absolute Gasteiger partial charge is 0.452 e. The van der Waals surface area contributed by atoms with E-state index in [2.05, 4.69) is 10.3 Å². The Bertz CT molecular complexity index is 1160. The minimum Gasteiger partial charge on any atom is -0.452 e. The van der Waals surface area contributed by atoms with E-state index in [1.165, 1.54) is 0 Å².